The van der Waals surface area contributed by atoms with Crippen molar-refractivity contribution < 1.29 is 4.79 Å². The number of fused-ring (bicyclic) bond motifs is 1. The quantitative estimate of drug-likeness (QED) is 0.907. The van der Waals surface area contributed by atoms with Gasteiger partial charge in [0, 0.05) is 24.8 Å². The molecule has 1 unspecified atom stereocenters. The molecule has 7 heteroatoms. The van der Waals surface area contributed by atoms with Crippen LogP contribution in [0.15, 0.2) is 29.8 Å². The maximum atomic E-state index is 11.8. The third kappa shape index (κ3) is 3.13. The second-order valence-corrected chi connectivity index (χ2v) is 5.83. The molecule has 0 spiro atoms. The van der Waals surface area contributed by atoms with Crippen molar-refractivity contribution in [2.75, 3.05) is 23.3 Å². The van der Waals surface area contributed by atoms with Crippen molar-refractivity contribution in [1.29, 1.82) is 0 Å². The second kappa shape index (κ2) is 6.09. The van der Waals surface area contributed by atoms with Crippen LogP contribution in [0.1, 0.15) is 12.5 Å². The SMILES string of the molecule is CC(CNC(=O)Nc1nncs1)N1CCc2ccccc21. The molecule has 2 heterocycles. The number of urea groups is 1. The zero-order valence-corrected chi connectivity index (χ0v) is 12.6. The number of rotatable bonds is 4. The summed E-state index contributed by atoms with van der Waals surface area (Å²) in [6.45, 7) is 3.70. The Hall–Kier alpha value is -2.15. The van der Waals surface area contributed by atoms with E-state index in [1.54, 1.807) is 5.51 Å². The van der Waals surface area contributed by atoms with Crippen LogP contribution in [0.3, 0.4) is 0 Å². The van der Waals surface area contributed by atoms with Gasteiger partial charge in [0.25, 0.3) is 0 Å². The van der Waals surface area contributed by atoms with Gasteiger partial charge in [0.1, 0.15) is 5.51 Å². The van der Waals surface area contributed by atoms with Crippen LogP contribution in [0.5, 0.6) is 0 Å². The predicted molar refractivity (Wildman–Crippen MR) is 83.9 cm³/mol. The fourth-order valence-electron chi connectivity index (χ4n) is 2.54. The zero-order chi connectivity index (χ0) is 14.7. The largest absolute Gasteiger partial charge is 0.366 e. The van der Waals surface area contributed by atoms with Crippen molar-refractivity contribution in [3.05, 3.63) is 35.3 Å². The van der Waals surface area contributed by atoms with Crippen molar-refractivity contribution in [2.45, 2.75) is 19.4 Å². The summed E-state index contributed by atoms with van der Waals surface area (Å²) in [4.78, 5) is 14.1. The van der Waals surface area contributed by atoms with Crippen LogP contribution in [-0.4, -0.2) is 35.4 Å². The number of hydrogen-bond acceptors (Lipinski definition) is 5. The van der Waals surface area contributed by atoms with E-state index in [4.69, 9.17) is 0 Å². The molecule has 2 amide bonds. The molecule has 110 valence electrons. The van der Waals surface area contributed by atoms with E-state index >= 15 is 0 Å². The van der Waals surface area contributed by atoms with Gasteiger partial charge in [0.15, 0.2) is 0 Å². The minimum atomic E-state index is -0.244. The standard InChI is InChI=1S/C14H17N5OS/c1-10(8-15-13(20)17-14-18-16-9-21-14)19-7-6-11-4-2-3-5-12(11)19/h2-5,9-10H,6-8H2,1H3,(H2,15,17,18,20). The van der Waals surface area contributed by atoms with E-state index in [1.165, 1.54) is 22.6 Å². The molecule has 0 radical (unpaired) electrons. The van der Waals surface area contributed by atoms with Crippen LogP contribution >= 0.6 is 11.3 Å². The molecule has 1 atom stereocenters. The first-order valence-corrected chi connectivity index (χ1v) is 7.77. The summed E-state index contributed by atoms with van der Waals surface area (Å²) in [6.07, 6.45) is 1.07. The molecule has 0 bridgehead atoms. The molecule has 1 aliphatic rings. The molecule has 6 nitrogen and oxygen atoms in total. The predicted octanol–water partition coefficient (Wildman–Crippen LogP) is 2.11. The number of para-hydroxylation sites is 1. The first kappa shape index (κ1) is 13.8. The third-order valence-electron chi connectivity index (χ3n) is 3.59. The fraction of sp³-hybridized carbons (Fsp3) is 0.357. The lowest BCUT2D eigenvalue weighted by molar-refractivity contribution is 0.251. The molecule has 3 rings (SSSR count). The Bertz CT molecular complexity index is 616. The average molecular weight is 303 g/mol. The molecular weight excluding hydrogens is 286 g/mol. The Morgan fingerprint density at radius 3 is 3.14 bits per heavy atom. The highest BCUT2D eigenvalue weighted by molar-refractivity contribution is 7.13. The normalized spacial score (nSPS) is 14.6. The number of nitrogens with zero attached hydrogens (tertiary/aromatic N) is 3. The molecular formula is C14H17N5OS. The average Bonchev–Trinajstić information content (AvgIpc) is 3.13. The van der Waals surface area contributed by atoms with Crippen molar-refractivity contribution >= 4 is 28.2 Å². The van der Waals surface area contributed by atoms with Crippen molar-refractivity contribution in [1.82, 2.24) is 15.5 Å². The Morgan fingerprint density at radius 2 is 2.33 bits per heavy atom. The lowest BCUT2D eigenvalue weighted by atomic mass is 10.2. The maximum Gasteiger partial charge on any atom is 0.321 e. The minimum Gasteiger partial charge on any atom is -0.366 e. The Kier molecular flexibility index (Phi) is 4.01. The lowest BCUT2D eigenvalue weighted by Gasteiger charge is -2.27. The molecule has 0 fully saturated rings. The zero-order valence-electron chi connectivity index (χ0n) is 11.7. The number of carbonyl (C=O) groups excluding carboxylic acids is 1. The topological polar surface area (TPSA) is 70.1 Å². The fourth-order valence-corrected chi connectivity index (χ4v) is 2.98. The van der Waals surface area contributed by atoms with Crippen molar-refractivity contribution in [3.63, 3.8) is 0 Å². The van der Waals surface area contributed by atoms with Crippen LogP contribution in [0.4, 0.5) is 15.6 Å². The Morgan fingerprint density at radius 1 is 1.48 bits per heavy atom. The summed E-state index contributed by atoms with van der Waals surface area (Å²) < 4.78 is 0. The highest BCUT2D eigenvalue weighted by Gasteiger charge is 2.23. The molecule has 21 heavy (non-hydrogen) atoms. The van der Waals surface area contributed by atoms with Crippen LogP contribution in [0.2, 0.25) is 0 Å². The molecule has 2 N–H and O–H groups in total. The monoisotopic (exact) mass is 303 g/mol. The lowest BCUT2D eigenvalue weighted by Crippen LogP contribution is -2.42. The van der Waals surface area contributed by atoms with Gasteiger partial charge in [-0.1, -0.05) is 29.5 Å². The van der Waals surface area contributed by atoms with E-state index in [1.807, 2.05) is 0 Å². The molecule has 1 aromatic carbocycles. The maximum absolute atomic E-state index is 11.8. The highest BCUT2D eigenvalue weighted by atomic mass is 32.1. The number of aromatic nitrogens is 2. The Labute approximate surface area is 127 Å². The number of benzene rings is 1. The first-order valence-electron chi connectivity index (χ1n) is 6.89. The van der Waals surface area contributed by atoms with Gasteiger partial charge in [-0.25, -0.2) is 4.79 Å². The van der Waals surface area contributed by atoms with Gasteiger partial charge in [0.05, 0.1) is 0 Å². The van der Waals surface area contributed by atoms with E-state index in [-0.39, 0.29) is 12.1 Å². The van der Waals surface area contributed by atoms with Gasteiger partial charge < -0.3 is 10.2 Å². The minimum absolute atomic E-state index is 0.244. The van der Waals surface area contributed by atoms with E-state index < -0.39 is 0 Å². The third-order valence-corrected chi connectivity index (χ3v) is 4.20. The number of nitrogens with one attached hydrogen (secondary N) is 2. The van der Waals surface area contributed by atoms with Gasteiger partial charge in [0.2, 0.25) is 5.13 Å². The summed E-state index contributed by atoms with van der Waals surface area (Å²) in [5.41, 5.74) is 4.23. The van der Waals surface area contributed by atoms with E-state index in [0.717, 1.165) is 13.0 Å². The van der Waals surface area contributed by atoms with Crippen LogP contribution in [0, 0.1) is 0 Å². The van der Waals surface area contributed by atoms with Gasteiger partial charge in [-0.15, -0.1) is 10.2 Å². The Balaban J connectivity index is 1.53. The number of hydrogen-bond donors (Lipinski definition) is 2. The van der Waals surface area contributed by atoms with E-state index in [2.05, 4.69) is 56.9 Å². The highest BCUT2D eigenvalue weighted by Crippen LogP contribution is 2.28. The van der Waals surface area contributed by atoms with Gasteiger partial charge in [-0.3, -0.25) is 5.32 Å². The van der Waals surface area contributed by atoms with Gasteiger partial charge in [-0.2, -0.15) is 0 Å². The molecule has 0 aliphatic carbocycles. The van der Waals surface area contributed by atoms with Crippen molar-refractivity contribution in [3.8, 4) is 0 Å². The molecule has 0 saturated heterocycles. The second-order valence-electron chi connectivity index (χ2n) is 5.00. The molecule has 2 aromatic rings. The summed E-state index contributed by atoms with van der Waals surface area (Å²) in [5, 5.41) is 13.5. The number of amides is 2. The summed E-state index contributed by atoms with van der Waals surface area (Å²) in [7, 11) is 0. The van der Waals surface area contributed by atoms with Crippen LogP contribution < -0.4 is 15.5 Å². The molecule has 1 aromatic heterocycles. The molecule has 1 aliphatic heterocycles. The summed E-state index contributed by atoms with van der Waals surface area (Å²) in [6, 6.07) is 8.43. The van der Waals surface area contributed by atoms with Gasteiger partial charge in [-0.05, 0) is 25.0 Å². The van der Waals surface area contributed by atoms with Crippen LogP contribution in [0.25, 0.3) is 0 Å². The smallest absolute Gasteiger partial charge is 0.321 e. The molecule has 0 saturated carbocycles. The first-order chi connectivity index (χ1) is 10.2. The summed E-state index contributed by atoms with van der Waals surface area (Å²) in [5.74, 6) is 0. The van der Waals surface area contributed by atoms with Crippen LogP contribution in [-0.2, 0) is 6.42 Å². The van der Waals surface area contributed by atoms with Gasteiger partial charge >= 0.3 is 6.03 Å². The number of carbonyl (C=O) groups is 1. The van der Waals surface area contributed by atoms with E-state index in [9.17, 15) is 4.79 Å². The van der Waals surface area contributed by atoms with E-state index in [0.29, 0.717) is 11.7 Å². The summed E-state index contributed by atoms with van der Waals surface area (Å²) >= 11 is 1.30. The number of anilines is 2. The van der Waals surface area contributed by atoms with Crippen molar-refractivity contribution in [2.24, 2.45) is 0 Å².